The minimum atomic E-state index is -0.770. The molecule has 1 atom stereocenters. The fourth-order valence-corrected chi connectivity index (χ4v) is 2.94. The first-order valence-corrected chi connectivity index (χ1v) is 7.19. The molecule has 1 aliphatic carbocycles. The summed E-state index contributed by atoms with van der Waals surface area (Å²) in [6, 6.07) is 0.337. The number of carboxylic acid groups (broad SMARTS) is 1. The highest BCUT2D eigenvalue weighted by Gasteiger charge is 2.28. The third-order valence-electron chi connectivity index (χ3n) is 4.07. The van der Waals surface area contributed by atoms with Crippen LogP contribution in [0.4, 0.5) is 5.82 Å². The second kappa shape index (κ2) is 5.26. The number of hydrogen-bond donors (Lipinski definition) is 1. The molecule has 2 aliphatic rings. The molecule has 2 fully saturated rings. The Kier molecular flexibility index (Phi) is 3.46. The van der Waals surface area contributed by atoms with Crippen molar-refractivity contribution in [1.82, 2.24) is 9.55 Å². The number of carboxylic acids is 1. The molecule has 1 N–H and O–H groups in total. The zero-order chi connectivity index (χ0) is 14.1. The normalized spacial score (nSPS) is 22.8. The van der Waals surface area contributed by atoms with Crippen molar-refractivity contribution in [3.8, 4) is 0 Å². The van der Waals surface area contributed by atoms with Crippen molar-refractivity contribution >= 4 is 11.8 Å². The van der Waals surface area contributed by atoms with E-state index in [1.54, 1.807) is 17.0 Å². The Morgan fingerprint density at radius 1 is 1.40 bits per heavy atom. The monoisotopic (exact) mass is 277 g/mol. The standard InChI is InChI=1S/C14H19N3O3/c18-12(19)8-10-2-1-6-16(9-10)13-14(20)17(7-5-15-13)11-3-4-11/h5,7,10-11H,1-4,6,8-9H2,(H,18,19). The molecular formula is C14H19N3O3. The highest BCUT2D eigenvalue weighted by atomic mass is 16.4. The summed E-state index contributed by atoms with van der Waals surface area (Å²) in [5, 5.41) is 8.90. The van der Waals surface area contributed by atoms with E-state index in [1.165, 1.54) is 0 Å². The number of aromatic nitrogens is 2. The van der Waals surface area contributed by atoms with Gasteiger partial charge >= 0.3 is 5.97 Å². The third kappa shape index (κ3) is 2.69. The average Bonchev–Trinajstić information content (AvgIpc) is 3.23. The lowest BCUT2D eigenvalue weighted by atomic mass is 9.95. The zero-order valence-corrected chi connectivity index (χ0v) is 11.4. The topological polar surface area (TPSA) is 75.4 Å². The van der Waals surface area contributed by atoms with Gasteiger partial charge in [0.05, 0.1) is 0 Å². The predicted molar refractivity (Wildman–Crippen MR) is 74.0 cm³/mol. The number of piperidine rings is 1. The molecule has 1 aromatic heterocycles. The molecule has 2 heterocycles. The van der Waals surface area contributed by atoms with Crippen molar-refractivity contribution < 1.29 is 9.90 Å². The first-order valence-electron chi connectivity index (χ1n) is 7.19. The summed E-state index contributed by atoms with van der Waals surface area (Å²) in [5.74, 6) is -0.181. The van der Waals surface area contributed by atoms with Gasteiger partial charge in [0.15, 0.2) is 5.82 Å². The van der Waals surface area contributed by atoms with Crippen LogP contribution in [0, 0.1) is 5.92 Å². The van der Waals surface area contributed by atoms with Crippen LogP contribution in [0.15, 0.2) is 17.2 Å². The Balaban J connectivity index is 1.80. The van der Waals surface area contributed by atoms with Gasteiger partial charge in [0.1, 0.15) is 0 Å². The van der Waals surface area contributed by atoms with Crippen LogP contribution in [-0.4, -0.2) is 33.7 Å². The van der Waals surface area contributed by atoms with E-state index in [9.17, 15) is 9.59 Å². The van der Waals surface area contributed by atoms with Crippen molar-refractivity contribution in [3.63, 3.8) is 0 Å². The highest BCUT2D eigenvalue weighted by molar-refractivity contribution is 5.67. The summed E-state index contributed by atoms with van der Waals surface area (Å²) in [4.78, 5) is 29.4. The van der Waals surface area contributed by atoms with E-state index < -0.39 is 5.97 Å². The molecule has 0 aromatic carbocycles. The van der Waals surface area contributed by atoms with E-state index >= 15 is 0 Å². The molecule has 0 bridgehead atoms. The number of aliphatic carboxylic acids is 1. The minimum absolute atomic E-state index is 0.0361. The van der Waals surface area contributed by atoms with E-state index in [0.29, 0.717) is 18.4 Å². The van der Waals surface area contributed by atoms with E-state index in [2.05, 4.69) is 4.98 Å². The summed E-state index contributed by atoms with van der Waals surface area (Å²) in [7, 11) is 0. The fourth-order valence-electron chi connectivity index (χ4n) is 2.94. The number of hydrogen-bond acceptors (Lipinski definition) is 4. The van der Waals surface area contributed by atoms with Crippen molar-refractivity contribution in [1.29, 1.82) is 0 Å². The van der Waals surface area contributed by atoms with Crippen LogP contribution in [0.2, 0.25) is 0 Å². The van der Waals surface area contributed by atoms with Gasteiger partial charge in [-0.3, -0.25) is 9.59 Å². The van der Waals surface area contributed by atoms with Gasteiger partial charge in [-0.05, 0) is 31.6 Å². The fraction of sp³-hybridized carbons (Fsp3) is 0.643. The molecule has 6 nitrogen and oxygen atoms in total. The van der Waals surface area contributed by atoms with Gasteiger partial charge < -0.3 is 14.6 Å². The van der Waals surface area contributed by atoms with Crippen LogP contribution < -0.4 is 10.5 Å². The maximum absolute atomic E-state index is 12.4. The maximum atomic E-state index is 12.4. The molecule has 3 rings (SSSR count). The number of anilines is 1. The number of rotatable bonds is 4. The van der Waals surface area contributed by atoms with Gasteiger partial charge in [0.2, 0.25) is 0 Å². The third-order valence-corrected chi connectivity index (χ3v) is 4.07. The number of nitrogens with zero attached hydrogens (tertiary/aromatic N) is 3. The SMILES string of the molecule is O=C(O)CC1CCCN(c2nccn(C3CC3)c2=O)C1. The second-order valence-electron chi connectivity index (χ2n) is 5.75. The molecule has 1 aromatic rings. The molecular weight excluding hydrogens is 258 g/mol. The molecule has 1 unspecified atom stereocenters. The van der Waals surface area contributed by atoms with Gasteiger partial charge in [-0.15, -0.1) is 0 Å². The average molecular weight is 277 g/mol. The lowest BCUT2D eigenvalue weighted by Gasteiger charge is -2.32. The van der Waals surface area contributed by atoms with Crippen molar-refractivity contribution in [2.24, 2.45) is 5.92 Å². The predicted octanol–water partition coefficient (Wildman–Crippen LogP) is 1.27. The van der Waals surface area contributed by atoms with Gasteiger partial charge in [0, 0.05) is 37.9 Å². The Hall–Kier alpha value is -1.85. The molecule has 108 valence electrons. The Morgan fingerprint density at radius 2 is 2.20 bits per heavy atom. The summed E-state index contributed by atoms with van der Waals surface area (Å²) in [6.45, 7) is 1.40. The smallest absolute Gasteiger partial charge is 0.303 e. The summed E-state index contributed by atoms with van der Waals surface area (Å²) in [6.07, 6.45) is 7.54. The molecule has 1 saturated heterocycles. The van der Waals surface area contributed by atoms with Crippen molar-refractivity contribution in [2.45, 2.75) is 38.1 Å². The van der Waals surface area contributed by atoms with Crippen LogP contribution in [0.5, 0.6) is 0 Å². The maximum Gasteiger partial charge on any atom is 0.303 e. The van der Waals surface area contributed by atoms with Crippen LogP contribution in [0.3, 0.4) is 0 Å². The Bertz CT molecular complexity index is 565. The molecule has 0 spiro atoms. The largest absolute Gasteiger partial charge is 0.481 e. The van der Waals surface area contributed by atoms with Gasteiger partial charge in [-0.2, -0.15) is 0 Å². The van der Waals surface area contributed by atoms with E-state index in [-0.39, 0.29) is 17.9 Å². The molecule has 1 aliphatic heterocycles. The molecule has 1 saturated carbocycles. The van der Waals surface area contributed by atoms with Crippen molar-refractivity contribution in [2.75, 3.05) is 18.0 Å². The first-order chi connectivity index (χ1) is 9.65. The van der Waals surface area contributed by atoms with Crippen LogP contribution in [-0.2, 0) is 4.79 Å². The summed E-state index contributed by atoms with van der Waals surface area (Å²) < 4.78 is 1.77. The van der Waals surface area contributed by atoms with Gasteiger partial charge in [0.25, 0.3) is 5.56 Å². The first kappa shape index (κ1) is 13.1. The van der Waals surface area contributed by atoms with E-state index in [1.807, 2.05) is 4.90 Å². The molecule has 20 heavy (non-hydrogen) atoms. The minimum Gasteiger partial charge on any atom is -0.481 e. The summed E-state index contributed by atoms with van der Waals surface area (Å²) >= 11 is 0. The van der Waals surface area contributed by atoms with E-state index in [4.69, 9.17) is 5.11 Å². The van der Waals surface area contributed by atoms with E-state index in [0.717, 1.165) is 32.2 Å². The second-order valence-corrected chi connectivity index (χ2v) is 5.75. The Labute approximate surface area is 117 Å². The number of carbonyl (C=O) groups is 1. The van der Waals surface area contributed by atoms with Crippen LogP contribution >= 0.6 is 0 Å². The molecule has 0 amide bonds. The van der Waals surface area contributed by atoms with Gasteiger partial charge in [-0.25, -0.2) is 4.98 Å². The lowest BCUT2D eigenvalue weighted by Crippen LogP contribution is -2.40. The molecule has 0 radical (unpaired) electrons. The Morgan fingerprint density at radius 3 is 2.90 bits per heavy atom. The quantitative estimate of drug-likeness (QED) is 0.897. The highest BCUT2D eigenvalue weighted by Crippen LogP contribution is 2.33. The summed E-state index contributed by atoms with van der Waals surface area (Å²) in [5.41, 5.74) is -0.0361. The zero-order valence-electron chi connectivity index (χ0n) is 11.4. The van der Waals surface area contributed by atoms with Crippen LogP contribution in [0.1, 0.15) is 38.1 Å². The lowest BCUT2D eigenvalue weighted by molar-refractivity contribution is -0.138. The van der Waals surface area contributed by atoms with Gasteiger partial charge in [-0.1, -0.05) is 0 Å². The van der Waals surface area contributed by atoms with Crippen LogP contribution in [0.25, 0.3) is 0 Å². The molecule has 6 heteroatoms. The van der Waals surface area contributed by atoms with Crippen molar-refractivity contribution in [3.05, 3.63) is 22.7 Å².